The van der Waals surface area contributed by atoms with Crippen LogP contribution in [0.1, 0.15) is 5.56 Å². The number of hydrazine groups is 1. The largest absolute Gasteiger partial charge is 0.378 e. The van der Waals surface area contributed by atoms with Gasteiger partial charge in [0.2, 0.25) is 5.95 Å². The van der Waals surface area contributed by atoms with E-state index in [1.54, 1.807) is 0 Å². The number of hydrogen-bond donors (Lipinski definition) is 2. The van der Waals surface area contributed by atoms with E-state index in [-0.39, 0.29) is 0 Å². The Labute approximate surface area is 135 Å². The summed E-state index contributed by atoms with van der Waals surface area (Å²) in [4.78, 5) is 11.7. The molecule has 7 heteroatoms. The van der Waals surface area contributed by atoms with Crippen LogP contribution < -0.4 is 20.7 Å². The van der Waals surface area contributed by atoms with E-state index in [1.165, 1.54) is 0 Å². The lowest BCUT2D eigenvalue weighted by Crippen LogP contribution is -2.37. The van der Waals surface area contributed by atoms with E-state index in [1.807, 2.05) is 42.4 Å². The molecule has 1 fully saturated rings. The molecule has 4 rings (SSSR count). The van der Waals surface area contributed by atoms with E-state index in [9.17, 15) is 0 Å². The number of rotatable bonds is 3. The normalized spacial score (nSPS) is 17.3. The summed E-state index contributed by atoms with van der Waals surface area (Å²) < 4.78 is 5.46. The molecule has 7 nitrogen and oxygen atoms in total. The molecule has 1 aromatic heterocycles. The van der Waals surface area contributed by atoms with Gasteiger partial charge in [0.15, 0.2) is 5.82 Å². The number of nitrogens with one attached hydrogen (secondary N) is 2. The summed E-state index contributed by atoms with van der Waals surface area (Å²) in [5, 5.41) is 5.25. The third-order valence-electron chi connectivity index (χ3n) is 4.11. The fourth-order valence-electron chi connectivity index (χ4n) is 2.91. The van der Waals surface area contributed by atoms with Crippen molar-refractivity contribution >= 4 is 23.3 Å². The third kappa shape index (κ3) is 2.80. The molecular weight excluding hydrogens is 292 g/mol. The summed E-state index contributed by atoms with van der Waals surface area (Å²) in [5.41, 5.74) is 5.43. The van der Waals surface area contributed by atoms with E-state index < -0.39 is 0 Å². The lowest BCUT2D eigenvalue weighted by Gasteiger charge is -2.29. The number of benzene rings is 1. The van der Waals surface area contributed by atoms with E-state index in [0.717, 1.165) is 55.7 Å². The summed E-state index contributed by atoms with van der Waals surface area (Å²) >= 11 is 0. The highest BCUT2D eigenvalue weighted by atomic mass is 16.5. The zero-order chi connectivity index (χ0) is 15.6. The standard InChI is InChI=1S/C16H20N6O/c1-21-14-13(11-17-21)15(22-7-9-23-10-8-22)20-16(19-14)18-12-5-3-2-4-6-12/h2-6,17H,7-11H2,1H3,(H,18,19,20). The maximum absolute atomic E-state index is 5.46. The average Bonchev–Trinajstić information content (AvgIpc) is 2.97. The van der Waals surface area contributed by atoms with Gasteiger partial charge in [-0.15, -0.1) is 0 Å². The van der Waals surface area contributed by atoms with E-state index >= 15 is 0 Å². The van der Waals surface area contributed by atoms with Crippen molar-refractivity contribution in [3.05, 3.63) is 35.9 Å². The molecule has 0 spiro atoms. The van der Waals surface area contributed by atoms with Crippen molar-refractivity contribution in [3.8, 4) is 0 Å². The topological polar surface area (TPSA) is 65.5 Å². The summed E-state index contributed by atoms with van der Waals surface area (Å²) in [6.45, 7) is 3.95. The molecule has 120 valence electrons. The Hall–Kier alpha value is -2.38. The van der Waals surface area contributed by atoms with Gasteiger partial charge in [0.25, 0.3) is 0 Å². The maximum atomic E-state index is 5.46. The summed E-state index contributed by atoms with van der Waals surface area (Å²) in [7, 11) is 1.98. The Morgan fingerprint density at radius 1 is 1.09 bits per heavy atom. The van der Waals surface area contributed by atoms with Gasteiger partial charge in [0, 0.05) is 32.4 Å². The molecule has 0 bridgehead atoms. The molecule has 0 radical (unpaired) electrons. The second kappa shape index (κ2) is 6.02. The van der Waals surface area contributed by atoms with Crippen molar-refractivity contribution in [1.29, 1.82) is 0 Å². The van der Waals surface area contributed by atoms with Crippen LogP contribution >= 0.6 is 0 Å². The predicted molar refractivity (Wildman–Crippen MR) is 90.0 cm³/mol. The summed E-state index contributed by atoms with van der Waals surface area (Å²) in [6, 6.07) is 9.99. The van der Waals surface area contributed by atoms with Gasteiger partial charge in [-0.05, 0) is 12.1 Å². The van der Waals surface area contributed by atoms with Crippen molar-refractivity contribution < 1.29 is 4.74 Å². The average molecular weight is 312 g/mol. The molecule has 2 aromatic rings. The highest BCUT2D eigenvalue weighted by Gasteiger charge is 2.27. The Balaban J connectivity index is 1.71. The fourth-order valence-corrected chi connectivity index (χ4v) is 2.91. The number of aromatic nitrogens is 2. The molecule has 2 N–H and O–H groups in total. The smallest absolute Gasteiger partial charge is 0.231 e. The molecule has 0 unspecified atom stereocenters. The summed E-state index contributed by atoms with van der Waals surface area (Å²) in [6.07, 6.45) is 0. The monoisotopic (exact) mass is 312 g/mol. The van der Waals surface area contributed by atoms with E-state index in [4.69, 9.17) is 9.72 Å². The van der Waals surface area contributed by atoms with E-state index in [0.29, 0.717) is 5.95 Å². The minimum absolute atomic E-state index is 0.618. The number of fused-ring (bicyclic) bond motifs is 1. The number of ether oxygens (including phenoxy) is 1. The molecule has 2 aliphatic heterocycles. The molecule has 23 heavy (non-hydrogen) atoms. The number of nitrogens with zero attached hydrogens (tertiary/aromatic N) is 4. The molecule has 0 saturated carbocycles. The number of morpholine rings is 1. The van der Waals surface area contributed by atoms with Gasteiger partial charge in [-0.25, -0.2) is 5.43 Å². The Morgan fingerprint density at radius 3 is 2.61 bits per heavy atom. The van der Waals surface area contributed by atoms with Crippen molar-refractivity contribution in [2.24, 2.45) is 0 Å². The molecule has 2 aliphatic rings. The third-order valence-corrected chi connectivity index (χ3v) is 4.11. The second-order valence-corrected chi connectivity index (χ2v) is 5.66. The Kier molecular flexibility index (Phi) is 3.72. The van der Waals surface area contributed by atoms with E-state index in [2.05, 4.69) is 20.6 Å². The van der Waals surface area contributed by atoms with Gasteiger partial charge in [0.1, 0.15) is 5.82 Å². The first-order valence-electron chi connectivity index (χ1n) is 7.84. The number of para-hydroxylation sites is 1. The molecule has 1 aromatic carbocycles. The highest BCUT2D eigenvalue weighted by Crippen LogP contribution is 2.32. The van der Waals surface area contributed by atoms with Crippen LogP contribution in [0, 0.1) is 0 Å². The minimum Gasteiger partial charge on any atom is -0.378 e. The van der Waals surface area contributed by atoms with Crippen LogP contribution in [0.25, 0.3) is 0 Å². The first kappa shape index (κ1) is 14.2. The second-order valence-electron chi connectivity index (χ2n) is 5.66. The zero-order valence-corrected chi connectivity index (χ0v) is 13.1. The molecule has 1 saturated heterocycles. The van der Waals surface area contributed by atoms with Crippen molar-refractivity contribution in [2.45, 2.75) is 6.54 Å². The first-order valence-corrected chi connectivity index (χ1v) is 7.84. The zero-order valence-electron chi connectivity index (χ0n) is 13.1. The minimum atomic E-state index is 0.618. The maximum Gasteiger partial charge on any atom is 0.231 e. The fraction of sp³-hybridized carbons (Fsp3) is 0.375. The van der Waals surface area contributed by atoms with Crippen LogP contribution in [0.5, 0.6) is 0 Å². The van der Waals surface area contributed by atoms with Crippen molar-refractivity contribution in [1.82, 2.24) is 15.4 Å². The van der Waals surface area contributed by atoms with Crippen LogP contribution in [-0.2, 0) is 11.3 Å². The molecular formula is C16H20N6O. The molecule has 0 atom stereocenters. The molecule has 0 amide bonds. The quantitative estimate of drug-likeness (QED) is 0.890. The molecule has 0 aliphatic carbocycles. The van der Waals surface area contributed by atoms with Gasteiger partial charge >= 0.3 is 0 Å². The Morgan fingerprint density at radius 2 is 1.83 bits per heavy atom. The lowest BCUT2D eigenvalue weighted by atomic mass is 10.2. The van der Waals surface area contributed by atoms with Gasteiger partial charge in [-0.3, -0.25) is 5.01 Å². The van der Waals surface area contributed by atoms with Crippen LogP contribution in [0.4, 0.5) is 23.3 Å². The first-order chi connectivity index (χ1) is 11.3. The summed E-state index contributed by atoms with van der Waals surface area (Å²) in [5.74, 6) is 2.54. The molecule has 3 heterocycles. The van der Waals surface area contributed by atoms with Crippen molar-refractivity contribution in [2.75, 3.05) is 48.6 Å². The van der Waals surface area contributed by atoms with Crippen LogP contribution in [0.15, 0.2) is 30.3 Å². The SMILES string of the molecule is CN1NCc2c(N3CCOCC3)nc(Nc3ccccc3)nc21. The lowest BCUT2D eigenvalue weighted by molar-refractivity contribution is 0.122. The van der Waals surface area contributed by atoms with Crippen molar-refractivity contribution in [3.63, 3.8) is 0 Å². The number of anilines is 4. The van der Waals surface area contributed by atoms with Crippen LogP contribution in [0.2, 0.25) is 0 Å². The van der Waals surface area contributed by atoms with Gasteiger partial charge in [0.05, 0.1) is 18.8 Å². The number of hydrogen-bond acceptors (Lipinski definition) is 7. The highest BCUT2D eigenvalue weighted by molar-refractivity contribution is 5.67. The van der Waals surface area contributed by atoms with Gasteiger partial charge in [-0.2, -0.15) is 9.97 Å². The van der Waals surface area contributed by atoms with Crippen LogP contribution in [0.3, 0.4) is 0 Å². The predicted octanol–water partition coefficient (Wildman–Crippen LogP) is 1.51. The Bertz CT molecular complexity index is 686. The van der Waals surface area contributed by atoms with Gasteiger partial charge in [-0.1, -0.05) is 18.2 Å². The van der Waals surface area contributed by atoms with Crippen LogP contribution in [-0.4, -0.2) is 43.3 Å². The van der Waals surface area contributed by atoms with Gasteiger partial charge < -0.3 is 15.0 Å².